The molecule has 1 atom stereocenters. The van der Waals surface area contributed by atoms with E-state index in [2.05, 4.69) is 14.4 Å². The van der Waals surface area contributed by atoms with Gasteiger partial charge in [0.15, 0.2) is 0 Å². The van der Waals surface area contributed by atoms with Gasteiger partial charge in [0.1, 0.15) is 6.61 Å². The van der Waals surface area contributed by atoms with Crippen LogP contribution in [0.25, 0.3) is 0 Å². The molecule has 0 aromatic heterocycles. The Kier molecular flexibility index (Phi) is 4.89. The monoisotopic (exact) mass is 122 g/mol. The van der Waals surface area contributed by atoms with Gasteiger partial charge in [0, 0.05) is 14.2 Å². The Morgan fingerprint density at radius 3 is 2.25 bits per heavy atom. The first-order valence-corrected chi connectivity index (χ1v) is 2.17. The summed E-state index contributed by atoms with van der Waals surface area (Å²) in [6, 6.07) is 0. The SMILES string of the molecule is COCC(OC)OO. The minimum Gasteiger partial charge on any atom is -0.379 e. The van der Waals surface area contributed by atoms with Gasteiger partial charge in [0.2, 0.25) is 6.29 Å². The average Bonchev–Trinajstić information content (AvgIpc) is 1.83. The van der Waals surface area contributed by atoms with E-state index >= 15 is 0 Å². The molecule has 0 amide bonds. The third-order valence-corrected chi connectivity index (χ3v) is 0.683. The van der Waals surface area contributed by atoms with E-state index in [0.29, 0.717) is 0 Å². The molecule has 50 valence electrons. The van der Waals surface area contributed by atoms with Crippen molar-refractivity contribution in [3.63, 3.8) is 0 Å². The Hall–Kier alpha value is -0.160. The van der Waals surface area contributed by atoms with Gasteiger partial charge in [-0.05, 0) is 0 Å². The van der Waals surface area contributed by atoms with E-state index < -0.39 is 6.29 Å². The van der Waals surface area contributed by atoms with Crippen molar-refractivity contribution >= 4 is 0 Å². The molecule has 0 saturated carbocycles. The van der Waals surface area contributed by atoms with Crippen molar-refractivity contribution in [2.24, 2.45) is 0 Å². The van der Waals surface area contributed by atoms with Crippen LogP contribution in [0.2, 0.25) is 0 Å². The van der Waals surface area contributed by atoms with Gasteiger partial charge in [-0.25, -0.2) is 10.1 Å². The molecule has 4 heteroatoms. The molecular formula is C4H10O4. The Morgan fingerprint density at radius 1 is 1.50 bits per heavy atom. The van der Waals surface area contributed by atoms with Crippen LogP contribution in [0.3, 0.4) is 0 Å². The molecule has 8 heavy (non-hydrogen) atoms. The van der Waals surface area contributed by atoms with Crippen molar-refractivity contribution in [1.82, 2.24) is 0 Å². The van der Waals surface area contributed by atoms with Crippen molar-refractivity contribution in [2.45, 2.75) is 6.29 Å². The molecule has 0 spiro atoms. The van der Waals surface area contributed by atoms with Gasteiger partial charge in [-0.15, -0.1) is 0 Å². The fraction of sp³-hybridized carbons (Fsp3) is 1.00. The molecule has 0 rings (SSSR count). The number of methoxy groups -OCH3 is 2. The quantitative estimate of drug-likeness (QED) is 0.326. The summed E-state index contributed by atoms with van der Waals surface area (Å²) in [5.74, 6) is 0. The largest absolute Gasteiger partial charge is 0.379 e. The van der Waals surface area contributed by atoms with Crippen molar-refractivity contribution in [3.05, 3.63) is 0 Å². The molecule has 0 aromatic rings. The van der Waals surface area contributed by atoms with Crippen LogP contribution >= 0.6 is 0 Å². The zero-order valence-electron chi connectivity index (χ0n) is 4.96. The Labute approximate surface area is 47.9 Å². The first-order chi connectivity index (χ1) is 3.85. The molecular weight excluding hydrogens is 112 g/mol. The fourth-order valence-corrected chi connectivity index (χ4v) is 0.278. The molecule has 1 N–H and O–H groups in total. The summed E-state index contributed by atoms with van der Waals surface area (Å²) in [6.07, 6.45) is -0.667. The van der Waals surface area contributed by atoms with Crippen molar-refractivity contribution in [2.75, 3.05) is 20.8 Å². The zero-order valence-corrected chi connectivity index (χ0v) is 4.96. The van der Waals surface area contributed by atoms with Gasteiger partial charge in [0.25, 0.3) is 0 Å². The van der Waals surface area contributed by atoms with Gasteiger partial charge in [-0.1, -0.05) is 0 Å². The lowest BCUT2D eigenvalue weighted by Gasteiger charge is -2.08. The lowest BCUT2D eigenvalue weighted by molar-refractivity contribution is -0.348. The standard InChI is InChI=1S/C4H10O4/c1-6-3-4(7-2)8-5/h4-5H,3H2,1-2H3. The van der Waals surface area contributed by atoms with Gasteiger partial charge in [-0.2, -0.15) is 0 Å². The van der Waals surface area contributed by atoms with E-state index in [1.807, 2.05) is 0 Å². The number of hydrogen-bond donors (Lipinski definition) is 1. The molecule has 1 unspecified atom stereocenters. The molecule has 0 bridgehead atoms. The maximum atomic E-state index is 7.95. The second-order valence-corrected chi connectivity index (χ2v) is 1.23. The van der Waals surface area contributed by atoms with Crippen LogP contribution in [-0.2, 0) is 14.4 Å². The molecule has 0 aliphatic heterocycles. The van der Waals surface area contributed by atoms with Gasteiger partial charge in [-0.3, -0.25) is 0 Å². The molecule has 0 radical (unpaired) electrons. The highest BCUT2D eigenvalue weighted by molar-refractivity contribution is 4.31. The Morgan fingerprint density at radius 2 is 2.12 bits per heavy atom. The molecule has 0 aliphatic rings. The van der Waals surface area contributed by atoms with Gasteiger partial charge >= 0.3 is 0 Å². The van der Waals surface area contributed by atoms with Crippen molar-refractivity contribution < 1.29 is 19.6 Å². The topological polar surface area (TPSA) is 47.9 Å². The van der Waals surface area contributed by atoms with Crippen molar-refractivity contribution in [3.8, 4) is 0 Å². The second kappa shape index (κ2) is 4.99. The smallest absolute Gasteiger partial charge is 0.214 e. The zero-order chi connectivity index (χ0) is 6.41. The first kappa shape index (κ1) is 7.84. The Balaban J connectivity index is 3.07. The predicted molar refractivity (Wildman–Crippen MR) is 26.4 cm³/mol. The van der Waals surface area contributed by atoms with Crippen LogP contribution in [0.5, 0.6) is 0 Å². The number of ether oxygens (including phenoxy) is 2. The maximum absolute atomic E-state index is 7.95. The van der Waals surface area contributed by atoms with Crippen LogP contribution in [0.15, 0.2) is 0 Å². The lowest BCUT2D eigenvalue weighted by atomic mass is 10.7. The summed E-state index contributed by atoms with van der Waals surface area (Å²) in [4.78, 5) is 3.79. The second-order valence-electron chi connectivity index (χ2n) is 1.23. The van der Waals surface area contributed by atoms with Crippen molar-refractivity contribution in [1.29, 1.82) is 0 Å². The van der Waals surface area contributed by atoms with E-state index in [1.54, 1.807) is 0 Å². The highest BCUT2D eigenvalue weighted by Gasteiger charge is 2.03. The van der Waals surface area contributed by atoms with Gasteiger partial charge < -0.3 is 9.47 Å². The highest BCUT2D eigenvalue weighted by Crippen LogP contribution is 1.88. The van der Waals surface area contributed by atoms with Crippen LogP contribution in [0, 0.1) is 0 Å². The molecule has 0 heterocycles. The normalized spacial score (nSPS) is 13.9. The molecule has 0 aliphatic carbocycles. The minimum absolute atomic E-state index is 0.229. The molecule has 0 saturated heterocycles. The van der Waals surface area contributed by atoms with Crippen LogP contribution < -0.4 is 0 Å². The van der Waals surface area contributed by atoms with E-state index in [-0.39, 0.29) is 6.61 Å². The molecule has 0 aromatic carbocycles. The molecule has 0 fully saturated rings. The summed E-state index contributed by atoms with van der Waals surface area (Å²) in [5.41, 5.74) is 0. The summed E-state index contributed by atoms with van der Waals surface area (Å²) in [5, 5.41) is 7.95. The predicted octanol–water partition coefficient (Wildman–Crippen LogP) is 0.0949. The van der Waals surface area contributed by atoms with Crippen LogP contribution in [0.4, 0.5) is 0 Å². The summed E-state index contributed by atoms with van der Waals surface area (Å²) in [7, 11) is 2.91. The van der Waals surface area contributed by atoms with E-state index in [0.717, 1.165) is 0 Å². The summed E-state index contributed by atoms with van der Waals surface area (Å²) in [6.45, 7) is 0.229. The number of hydrogen-bond acceptors (Lipinski definition) is 4. The number of rotatable bonds is 4. The fourth-order valence-electron chi connectivity index (χ4n) is 0.278. The van der Waals surface area contributed by atoms with Crippen LogP contribution in [0.1, 0.15) is 0 Å². The lowest BCUT2D eigenvalue weighted by Crippen LogP contribution is -2.19. The average molecular weight is 122 g/mol. The summed E-state index contributed by atoms with van der Waals surface area (Å²) >= 11 is 0. The third-order valence-electron chi connectivity index (χ3n) is 0.683. The van der Waals surface area contributed by atoms with E-state index in [1.165, 1.54) is 14.2 Å². The maximum Gasteiger partial charge on any atom is 0.214 e. The summed E-state index contributed by atoms with van der Waals surface area (Å²) < 4.78 is 9.12. The van der Waals surface area contributed by atoms with Gasteiger partial charge in [0.05, 0.1) is 0 Å². The molecule has 4 nitrogen and oxygen atoms in total. The first-order valence-electron chi connectivity index (χ1n) is 2.17. The van der Waals surface area contributed by atoms with Crippen LogP contribution in [-0.4, -0.2) is 32.4 Å². The highest BCUT2D eigenvalue weighted by atomic mass is 17.1. The third kappa shape index (κ3) is 2.92. The van der Waals surface area contributed by atoms with E-state index in [4.69, 9.17) is 5.26 Å². The van der Waals surface area contributed by atoms with E-state index in [9.17, 15) is 0 Å². The minimum atomic E-state index is -0.667. The Bertz CT molecular complexity index is 43.3.